The Morgan fingerprint density at radius 2 is 0.500 bits per heavy atom. The van der Waals surface area contributed by atoms with Gasteiger partial charge in [-0.2, -0.15) is 0 Å². The minimum atomic E-state index is -3.32. The zero-order valence-electron chi connectivity index (χ0n) is 51.6. The Hall–Kier alpha value is -12.1. The van der Waals surface area contributed by atoms with Crippen LogP contribution in [-0.2, 0) is 0 Å². The molecule has 0 aliphatic carbocycles. The number of fused-ring (bicyclic) bond motifs is 9. The van der Waals surface area contributed by atoms with Crippen LogP contribution in [0.2, 0.25) is 0 Å². The fraction of sp³-hybridized carbons (Fsp3) is 0. The molecule has 0 spiro atoms. The standard InChI is InChI=1S/C90H61N3Si/c1-6-27-62(28-7-1)67-36-25-41-73(56-67)94(72-39-14-5-15-40-72,74-42-26-37-68(57-74)63-29-8-2-9-30-63)75-60-80(64-31-10-3-11-32-64)90(81(61-75)65-33-12-4-13-34-65)93-87-50-23-19-45-78(87)82-58-69(51-53-89(82)93)66-35-24-38-70(55-66)91-86-49-22-18-46-79(86)83-59-71(52-54-88(83)91)92-84-47-20-16-43-76(84)77-44-17-21-48-85(77)92/h1-61H. The molecule has 15 aromatic carbocycles. The topological polar surface area (TPSA) is 14.8 Å². The monoisotopic (exact) mass is 1210 g/mol. The summed E-state index contributed by atoms with van der Waals surface area (Å²) < 4.78 is 7.44. The lowest BCUT2D eigenvalue weighted by molar-refractivity contribution is 1.17. The maximum absolute atomic E-state index is 3.32. The van der Waals surface area contributed by atoms with Gasteiger partial charge in [0.25, 0.3) is 0 Å². The van der Waals surface area contributed by atoms with Crippen LogP contribution in [-0.4, -0.2) is 21.8 Å². The van der Waals surface area contributed by atoms with Crippen molar-refractivity contribution in [2.24, 2.45) is 0 Å². The van der Waals surface area contributed by atoms with E-state index in [1.165, 1.54) is 97.4 Å². The Labute approximate surface area is 547 Å². The molecule has 0 unspecified atom stereocenters. The number of hydrogen-bond donors (Lipinski definition) is 0. The Kier molecular flexibility index (Phi) is 13.2. The van der Waals surface area contributed by atoms with Crippen molar-refractivity contribution in [1.29, 1.82) is 0 Å². The average molecular weight is 1210 g/mol. The van der Waals surface area contributed by atoms with E-state index >= 15 is 0 Å². The maximum Gasteiger partial charge on any atom is 0.179 e. The van der Waals surface area contributed by atoms with Crippen LogP contribution in [0.25, 0.3) is 138 Å². The highest BCUT2D eigenvalue weighted by Gasteiger charge is 2.43. The van der Waals surface area contributed by atoms with Gasteiger partial charge in [-0.25, -0.2) is 0 Å². The normalized spacial score (nSPS) is 11.8. The van der Waals surface area contributed by atoms with Crippen LogP contribution >= 0.6 is 0 Å². The van der Waals surface area contributed by atoms with E-state index in [-0.39, 0.29) is 0 Å². The molecule has 0 bridgehead atoms. The van der Waals surface area contributed by atoms with Gasteiger partial charge < -0.3 is 13.7 Å². The van der Waals surface area contributed by atoms with E-state index in [1.807, 2.05) is 0 Å². The van der Waals surface area contributed by atoms with Crippen molar-refractivity contribution >= 4 is 94.2 Å². The highest BCUT2D eigenvalue weighted by atomic mass is 28.3. The van der Waals surface area contributed by atoms with Gasteiger partial charge in [-0.15, -0.1) is 0 Å². The highest BCUT2D eigenvalue weighted by Crippen LogP contribution is 2.44. The van der Waals surface area contributed by atoms with Crippen LogP contribution < -0.4 is 20.7 Å². The van der Waals surface area contributed by atoms with E-state index in [0.29, 0.717) is 0 Å². The lowest BCUT2D eigenvalue weighted by atomic mass is 9.95. The molecule has 3 heterocycles. The van der Waals surface area contributed by atoms with Gasteiger partial charge in [0, 0.05) is 54.8 Å². The van der Waals surface area contributed by atoms with Crippen molar-refractivity contribution in [3.63, 3.8) is 0 Å². The number of nitrogens with zero attached hydrogens (tertiary/aromatic N) is 3. The van der Waals surface area contributed by atoms with Crippen LogP contribution in [0.15, 0.2) is 370 Å². The lowest BCUT2D eigenvalue weighted by Crippen LogP contribution is -2.74. The predicted molar refractivity (Wildman–Crippen MR) is 400 cm³/mol. The molecule has 0 amide bonds. The molecule has 0 saturated carbocycles. The first kappa shape index (κ1) is 54.8. The van der Waals surface area contributed by atoms with Gasteiger partial charge in [-0.3, -0.25) is 0 Å². The first-order valence-electron chi connectivity index (χ1n) is 32.5. The third-order valence-corrected chi connectivity index (χ3v) is 24.3. The SMILES string of the molecule is c1ccc(-c2cccc([Si](c3ccccc3)(c3cccc(-c4ccccc4)c3)c3cc(-c4ccccc4)c(-n4c5ccccc5c5cc(-c6cccc(-n7c8ccccc8c8cc(-n9c%10ccccc%10c%10ccccc%109)ccc87)c6)ccc54)c(-c4ccccc4)c3)c2)cc1. The second kappa shape index (κ2) is 22.7. The summed E-state index contributed by atoms with van der Waals surface area (Å²) in [6, 6.07) is 138. The van der Waals surface area contributed by atoms with Crippen molar-refractivity contribution in [1.82, 2.24) is 13.7 Å². The third kappa shape index (κ3) is 8.94. The van der Waals surface area contributed by atoms with Gasteiger partial charge in [-0.1, -0.05) is 303 Å². The van der Waals surface area contributed by atoms with Crippen LogP contribution in [0.4, 0.5) is 0 Å². The van der Waals surface area contributed by atoms with Crippen molar-refractivity contribution in [3.8, 4) is 72.7 Å². The smallest absolute Gasteiger partial charge is 0.179 e. The molecule has 0 radical (unpaired) electrons. The minimum absolute atomic E-state index is 1.12. The molecule has 0 saturated heterocycles. The molecule has 18 rings (SSSR count). The zero-order valence-corrected chi connectivity index (χ0v) is 52.6. The first-order chi connectivity index (χ1) is 46.6. The van der Waals surface area contributed by atoms with Crippen molar-refractivity contribution in [2.75, 3.05) is 0 Å². The van der Waals surface area contributed by atoms with Gasteiger partial charge in [0.05, 0.1) is 38.8 Å². The summed E-state index contributed by atoms with van der Waals surface area (Å²) in [5.41, 5.74) is 22.2. The van der Waals surface area contributed by atoms with Gasteiger partial charge in [0.1, 0.15) is 0 Å². The summed E-state index contributed by atoms with van der Waals surface area (Å²) in [6.07, 6.45) is 0. The fourth-order valence-electron chi connectivity index (χ4n) is 15.4. The van der Waals surface area contributed by atoms with Crippen LogP contribution in [0.1, 0.15) is 0 Å². The Morgan fingerprint density at radius 1 is 0.170 bits per heavy atom. The molecule has 0 fully saturated rings. The lowest BCUT2D eigenvalue weighted by Gasteiger charge is -2.36. The molecule has 0 N–H and O–H groups in total. The molecule has 0 aliphatic rings. The third-order valence-electron chi connectivity index (χ3n) is 19.6. The molecule has 0 aliphatic heterocycles. The zero-order chi connectivity index (χ0) is 62.1. The Bertz CT molecular complexity index is 5710. The highest BCUT2D eigenvalue weighted by molar-refractivity contribution is 7.20. The van der Waals surface area contributed by atoms with E-state index in [9.17, 15) is 0 Å². The van der Waals surface area contributed by atoms with E-state index in [2.05, 4.69) is 384 Å². The van der Waals surface area contributed by atoms with Gasteiger partial charge in [0.2, 0.25) is 0 Å². The molecule has 0 atom stereocenters. The summed E-state index contributed by atoms with van der Waals surface area (Å²) in [6.45, 7) is 0. The summed E-state index contributed by atoms with van der Waals surface area (Å²) in [4.78, 5) is 0. The molecule has 3 nitrogen and oxygen atoms in total. The largest absolute Gasteiger partial charge is 0.309 e. The number of para-hydroxylation sites is 4. The molecule has 18 aromatic rings. The second-order valence-electron chi connectivity index (χ2n) is 24.7. The first-order valence-corrected chi connectivity index (χ1v) is 34.5. The van der Waals surface area contributed by atoms with Crippen molar-refractivity contribution in [3.05, 3.63) is 370 Å². The average Bonchev–Trinajstić information content (AvgIpc) is 1.24. The maximum atomic E-state index is 2.58. The van der Waals surface area contributed by atoms with E-state index in [4.69, 9.17) is 0 Å². The van der Waals surface area contributed by atoms with Crippen LogP contribution in [0, 0.1) is 0 Å². The van der Waals surface area contributed by atoms with Gasteiger partial charge >= 0.3 is 0 Å². The van der Waals surface area contributed by atoms with Crippen molar-refractivity contribution in [2.45, 2.75) is 0 Å². The fourth-order valence-corrected chi connectivity index (χ4v) is 20.2. The van der Waals surface area contributed by atoms with E-state index < -0.39 is 8.07 Å². The predicted octanol–water partition coefficient (Wildman–Crippen LogP) is 20.7. The second-order valence-corrected chi connectivity index (χ2v) is 28.5. The molecular weight excluding hydrogens is 1150 g/mol. The number of hydrogen-bond acceptors (Lipinski definition) is 0. The van der Waals surface area contributed by atoms with E-state index in [1.54, 1.807) is 0 Å². The van der Waals surface area contributed by atoms with Crippen molar-refractivity contribution < 1.29 is 0 Å². The van der Waals surface area contributed by atoms with Gasteiger partial charge in [0.15, 0.2) is 8.07 Å². The molecular formula is C90H61N3Si. The summed E-state index contributed by atoms with van der Waals surface area (Å²) in [7, 11) is -3.32. The molecule has 4 heteroatoms. The summed E-state index contributed by atoms with van der Waals surface area (Å²) in [5, 5.41) is 12.6. The quantitative estimate of drug-likeness (QED) is 0.0855. The number of rotatable bonds is 12. The minimum Gasteiger partial charge on any atom is -0.309 e. The molecule has 440 valence electrons. The van der Waals surface area contributed by atoms with Crippen LogP contribution in [0.3, 0.4) is 0 Å². The van der Waals surface area contributed by atoms with Crippen LogP contribution in [0.5, 0.6) is 0 Å². The van der Waals surface area contributed by atoms with Gasteiger partial charge in [-0.05, 0) is 132 Å². The molecule has 94 heavy (non-hydrogen) atoms. The molecule has 3 aromatic heterocycles. The summed E-state index contributed by atoms with van der Waals surface area (Å²) >= 11 is 0. The summed E-state index contributed by atoms with van der Waals surface area (Å²) in [5.74, 6) is 0. The Balaban J connectivity index is 0.852. The van der Waals surface area contributed by atoms with E-state index in [0.717, 1.165) is 61.5 Å². The Morgan fingerprint density at radius 3 is 1.00 bits per heavy atom. The number of benzene rings is 15. The number of aromatic nitrogens is 3.